The summed E-state index contributed by atoms with van der Waals surface area (Å²) in [5.41, 5.74) is 11.3. The van der Waals surface area contributed by atoms with Crippen LogP contribution >= 0.6 is 0 Å². The lowest BCUT2D eigenvalue weighted by Gasteiger charge is -2.32. The van der Waals surface area contributed by atoms with Crippen LogP contribution in [0.5, 0.6) is 5.75 Å². The van der Waals surface area contributed by atoms with Crippen molar-refractivity contribution >= 4 is 11.0 Å². The van der Waals surface area contributed by atoms with Gasteiger partial charge >= 0.3 is 11.7 Å². The fourth-order valence-electron chi connectivity index (χ4n) is 8.96. The van der Waals surface area contributed by atoms with Gasteiger partial charge in [-0.1, -0.05) is 126 Å². The first-order valence-corrected chi connectivity index (χ1v) is 19.2. The molecule has 4 heteroatoms. The maximum absolute atomic E-state index is 10.1. The second-order valence-corrected chi connectivity index (χ2v) is 17.3. The summed E-state index contributed by atoms with van der Waals surface area (Å²) in [7, 11) is 0. The number of hydrogen-bond acceptors (Lipinski definition) is 1. The Balaban J connectivity index is 1.33. The zero-order valence-electron chi connectivity index (χ0n) is 40.5. The zero-order chi connectivity index (χ0) is 45.3. The van der Waals surface area contributed by atoms with Crippen molar-refractivity contribution in [2.75, 3.05) is 0 Å². The van der Waals surface area contributed by atoms with Crippen LogP contribution in [-0.4, -0.2) is 4.57 Å². The summed E-state index contributed by atoms with van der Waals surface area (Å²) >= 11 is 0. The molecule has 272 valence electrons. The summed E-state index contributed by atoms with van der Waals surface area (Å²) in [6.45, 7) is 15.1. The number of rotatable bonds is 3. The summed E-state index contributed by atoms with van der Waals surface area (Å²) in [5, 5.41) is 0. The topological polar surface area (TPSA) is 21.9 Å². The highest BCUT2D eigenvalue weighted by atomic mass is 16.5. The maximum atomic E-state index is 10.1. The van der Waals surface area contributed by atoms with Gasteiger partial charge in [-0.05, 0) is 94.1 Å². The van der Waals surface area contributed by atoms with Crippen molar-refractivity contribution in [1.82, 2.24) is 4.57 Å². The van der Waals surface area contributed by atoms with Crippen LogP contribution < -0.4 is 13.9 Å². The molecule has 0 saturated carbocycles. The number of aryl methyl sites for hydroxylation is 1. The van der Waals surface area contributed by atoms with Gasteiger partial charge in [-0.25, -0.2) is 0 Å². The van der Waals surface area contributed by atoms with Crippen molar-refractivity contribution in [2.24, 2.45) is 0 Å². The Bertz CT molecular complexity index is 3400. The third kappa shape index (κ3) is 4.41. The number of nitrogens with zero attached hydrogens (tertiary/aromatic N) is 3. The lowest BCUT2D eigenvalue weighted by molar-refractivity contribution is -0.997. The minimum atomic E-state index is -1.67. The van der Waals surface area contributed by atoms with Gasteiger partial charge in [0.2, 0.25) is 5.69 Å². The summed E-state index contributed by atoms with van der Waals surface area (Å²) in [6, 6.07) is 30.2. The predicted octanol–water partition coefficient (Wildman–Crippen LogP) is 11.7. The molecule has 1 spiro atoms. The Morgan fingerprint density at radius 3 is 2.14 bits per heavy atom. The minimum absolute atomic E-state index is 0.0239. The van der Waals surface area contributed by atoms with Crippen LogP contribution in [0.25, 0.3) is 72.7 Å². The largest absolute Gasteiger partial charge is 0.499 e. The van der Waals surface area contributed by atoms with Crippen LogP contribution in [0.1, 0.15) is 74.8 Å². The van der Waals surface area contributed by atoms with Crippen LogP contribution in [0.15, 0.2) is 146 Å². The van der Waals surface area contributed by atoms with Crippen molar-refractivity contribution < 1.29 is 24.8 Å². The van der Waals surface area contributed by atoms with Gasteiger partial charge in [0.25, 0.3) is 0 Å². The molecule has 6 aromatic carbocycles. The van der Waals surface area contributed by atoms with E-state index in [-0.39, 0.29) is 39.9 Å². The fourth-order valence-corrected chi connectivity index (χ4v) is 8.96. The number of pyridine rings is 1. The molecule has 0 fully saturated rings. The van der Waals surface area contributed by atoms with E-state index >= 15 is 0 Å². The summed E-state index contributed by atoms with van der Waals surface area (Å²) in [4.78, 5) is 0. The van der Waals surface area contributed by atoms with Crippen molar-refractivity contribution in [3.8, 4) is 67.5 Å². The highest BCUT2D eigenvalue weighted by Gasteiger charge is 2.68. The molecule has 3 aliphatic heterocycles. The molecule has 0 aliphatic carbocycles. The van der Waals surface area contributed by atoms with Gasteiger partial charge in [-0.2, -0.15) is 4.57 Å². The van der Waals surface area contributed by atoms with E-state index in [0.29, 0.717) is 16.9 Å². The second-order valence-electron chi connectivity index (χ2n) is 17.3. The fraction of sp³-hybridized carbons (Fsp3) is 0.192. The van der Waals surface area contributed by atoms with E-state index in [9.17, 15) is 4.11 Å². The molecular formula is C52H45N3O+2. The zero-order valence-corrected chi connectivity index (χ0v) is 32.5. The highest BCUT2D eigenvalue weighted by molar-refractivity contribution is 5.98. The second kappa shape index (κ2) is 11.2. The third-order valence-corrected chi connectivity index (χ3v) is 11.7. The lowest BCUT2D eigenvalue weighted by atomic mass is 9.80. The van der Waals surface area contributed by atoms with Gasteiger partial charge in [0, 0.05) is 28.8 Å². The molecule has 2 aromatic heterocycles. The first-order valence-electron chi connectivity index (χ1n) is 23.2. The van der Waals surface area contributed by atoms with Gasteiger partial charge < -0.3 is 4.74 Å². The Labute approximate surface area is 340 Å². The smallest absolute Gasteiger partial charge is 0.392 e. The predicted molar refractivity (Wildman–Crippen MR) is 226 cm³/mol. The number of aromatic nitrogens is 3. The van der Waals surface area contributed by atoms with Crippen molar-refractivity contribution in [3.05, 3.63) is 168 Å². The molecular weight excluding hydrogens is 683 g/mol. The van der Waals surface area contributed by atoms with E-state index in [0.717, 1.165) is 61.5 Å². The Kier molecular flexibility index (Phi) is 5.13. The van der Waals surface area contributed by atoms with Crippen LogP contribution in [0, 0.1) is 6.92 Å². The lowest BCUT2D eigenvalue weighted by Crippen LogP contribution is -2.78. The van der Waals surface area contributed by atoms with Crippen molar-refractivity contribution in [2.45, 2.75) is 65.1 Å². The van der Waals surface area contributed by atoms with Crippen molar-refractivity contribution in [1.29, 1.82) is 0 Å². The third-order valence-electron chi connectivity index (χ3n) is 11.7. The molecule has 8 aromatic rings. The monoisotopic (exact) mass is 735 g/mol. The molecule has 0 radical (unpaired) electrons. The number of hydrogen-bond donors (Lipinski definition) is 0. The number of benzene rings is 6. The number of para-hydroxylation sites is 2. The van der Waals surface area contributed by atoms with Gasteiger partial charge in [0.05, 0.1) is 15.2 Å². The van der Waals surface area contributed by atoms with Crippen LogP contribution in [-0.2, 0) is 16.7 Å². The van der Waals surface area contributed by atoms with E-state index in [1.54, 1.807) is 4.57 Å². The molecule has 1 unspecified atom stereocenters. The van der Waals surface area contributed by atoms with E-state index < -0.39 is 42.1 Å². The molecule has 4 nitrogen and oxygen atoms in total. The summed E-state index contributed by atoms with van der Waals surface area (Å²) < 4.78 is 86.6. The summed E-state index contributed by atoms with van der Waals surface area (Å²) in [5.74, 6) is -0.342. The number of fused-ring (bicyclic) bond motifs is 5. The molecule has 0 N–H and O–H groups in total. The van der Waals surface area contributed by atoms with E-state index in [1.807, 2.05) is 30.3 Å². The van der Waals surface area contributed by atoms with Crippen molar-refractivity contribution in [3.63, 3.8) is 0 Å². The van der Waals surface area contributed by atoms with Gasteiger partial charge in [-0.3, -0.25) is 0 Å². The molecule has 0 saturated heterocycles. The quantitative estimate of drug-likeness (QED) is 0.166. The molecule has 1 atom stereocenters. The van der Waals surface area contributed by atoms with Crippen LogP contribution in [0.3, 0.4) is 0 Å². The van der Waals surface area contributed by atoms with Gasteiger partial charge in [0.1, 0.15) is 23.9 Å². The van der Waals surface area contributed by atoms with E-state index in [4.69, 9.17) is 11.6 Å². The minimum Gasteiger partial charge on any atom is -0.392 e. The highest BCUT2D eigenvalue weighted by Crippen LogP contribution is 2.54. The molecule has 56 heavy (non-hydrogen) atoms. The normalized spacial score (nSPS) is 18.0. The van der Waals surface area contributed by atoms with Gasteiger partial charge in [-0.15, -0.1) is 9.13 Å². The summed E-state index contributed by atoms with van der Waals surface area (Å²) in [6.07, 6.45) is -0.333. The van der Waals surface area contributed by atoms with E-state index in [1.165, 1.54) is 5.56 Å². The average Bonchev–Trinajstić information content (AvgIpc) is 3.76. The molecule has 5 heterocycles. The van der Waals surface area contributed by atoms with E-state index in [2.05, 4.69) is 124 Å². The first kappa shape index (κ1) is 25.8. The molecule has 0 bridgehead atoms. The number of imidazole rings is 1. The molecule has 3 aliphatic rings. The Morgan fingerprint density at radius 2 is 1.38 bits per heavy atom. The van der Waals surface area contributed by atoms with Crippen LogP contribution in [0.2, 0.25) is 0 Å². The average molecular weight is 736 g/mol. The maximum Gasteiger partial charge on any atom is 0.499 e. The molecule has 0 amide bonds. The standard InChI is InChI=1S/C52H45N3O/c1-32-20-25-43(40(28-32)34-21-23-36(24-22-34)50(2,3)4)54-44-18-13-17-38-41-30-37(51(5,6)7)31-42-45-29-35(33-14-9-8-10-15-33)26-27-53(45)52(47(41)42)55(48(38)44)49(54)39-16-11-12-19-46(39)56-52/h8-31H,1-7H3/q+2/i8D,9D,10D,14D,15D,26D,27D,29D. The Hall–Kier alpha value is -6.26. The first-order chi connectivity index (χ1) is 30.3. The SMILES string of the molecule is [2H]c1c([2H])c([2H])c(-c2c([2H])c([2H])[n+]3c(c2[2H])-c2cc(C(C)(C)C)cc4c2C32Oc3ccccc3-c3n(-c5ccc(C)cc5-c5ccc(C(C)(C)C)cc5)c5cccc-4c5[n+]32)c([2H])c1[2H]. The van der Waals surface area contributed by atoms with Gasteiger partial charge in [0.15, 0.2) is 17.2 Å². The Morgan fingerprint density at radius 1 is 0.643 bits per heavy atom. The van der Waals surface area contributed by atoms with Crippen LogP contribution in [0.4, 0.5) is 0 Å². The molecule has 11 rings (SSSR count). The number of ether oxygens (including phenoxy) is 1.